The first-order valence-electron chi connectivity index (χ1n) is 8.25. The number of aromatic nitrogens is 1. The van der Waals surface area contributed by atoms with E-state index in [4.69, 9.17) is 0 Å². The Hall–Kier alpha value is -2.40. The number of pyridine rings is 1. The van der Waals surface area contributed by atoms with E-state index in [1.807, 2.05) is 12.1 Å². The fraction of sp³-hybridized carbons (Fsp3) is 0.368. The van der Waals surface area contributed by atoms with Gasteiger partial charge in [-0.25, -0.2) is 0 Å². The standard InChI is InChI=1S/C19H22N2O3/c1-13-4-2-3-5-14(13)10-15-8-9-21(12-17(15)22)19(24)16-6-7-18(23)20-11-16/h2-7,11,15,17,22H,8-10,12H2,1H3,(H,20,23)/t15-,17+/m1/s1. The Labute approximate surface area is 140 Å². The third-order valence-electron chi connectivity index (χ3n) is 4.78. The summed E-state index contributed by atoms with van der Waals surface area (Å²) in [6.45, 7) is 3.02. The molecule has 2 N–H and O–H groups in total. The molecular formula is C19H22N2O3. The summed E-state index contributed by atoms with van der Waals surface area (Å²) in [5.74, 6) is 0.00497. The Morgan fingerprint density at radius 3 is 2.75 bits per heavy atom. The Morgan fingerprint density at radius 1 is 1.29 bits per heavy atom. The van der Waals surface area contributed by atoms with Crippen molar-refractivity contribution < 1.29 is 9.90 Å². The molecule has 126 valence electrons. The number of hydrogen-bond acceptors (Lipinski definition) is 3. The highest BCUT2D eigenvalue weighted by Gasteiger charge is 2.30. The summed E-state index contributed by atoms with van der Waals surface area (Å²) in [7, 11) is 0. The molecule has 1 aromatic carbocycles. The summed E-state index contributed by atoms with van der Waals surface area (Å²) < 4.78 is 0. The molecular weight excluding hydrogens is 304 g/mol. The van der Waals surface area contributed by atoms with Gasteiger partial charge in [0, 0.05) is 25.4 Å². The van der Waals surface area contributed by atoms with Gasteiger partial charge in [-0.3, -0.25) is 9.59 Å². The average molecular weight is 326 g/mol. The Balaban J connectivity index is 1.64. The summed E-state index contributed by atoms with van der Waals surface area (Å²) in [6, 6.07) is 11.1. The average Bonchev–Trinajstić information content (AvgIpc) is 2.58. The van der Waals surface area contributed by atoms with Gasteiger partial charge in [0.25, 0.3) is 5.91 Å². The highest BCUT2D eigenvalue weighted by Crippen LogP contribution is 2.24. The number of aliphatic hydroxyl groups is 1. The van der Waals surface area contributed by atoms with Crippen LogP contribution in [0.25, 0.3) is 0 Å². The van der Waals surface area contributed by atoms with Gasteiger partial charge in [0.15, 0.2) is 0 Å². The number of carbonyl (C=O) groups excluding carboxylic acids is 1. The Morgan fingerprint density at radius 2 is 2.08 bits per heavy atom. The van der Waals surface area contributed by atoms with Crippen LogP contribution in [0.2, 0.25) is 0 Å². The third kappa shape index (κ3) is 3.57. The second kappa shape index (κ2) is 7.01. The number of benzene rings is 1. The fourth-order valence-electron chi connectivity index (χ4n) is 3.25. The minimum absolute atomic E-state index is 0.153. The fourth-order valence-corrected chi connectivity index (χ4v) is 3.25. The molecule has 1 aromatic heterocycles. The number of β-amino-alcohol motifs (C(OH)–C–C–N with tert-alkyl or cyclic N) is 1. The number of amides is 1. The Bertz CT molecular complexity index is 764. The van der Waals surface area contributed by atoms with E-state index >= 15 is 0 Å². The molecule has 5 heteroatoms. The SMILES string of the molecule is Cc1ccccc1C[C@H]1CCN(C(=O)c2ccc(=O)[nH]c2)C[C@@H]1O. The van der Waals surface area contributed by atoms with Crippen LogP contribution in [-0.4, -0.2) is 40.1 Å². The van der Waals surface area contributed by atoms with E-state index in [0.717, 1.165) is 12.8 Å². The molecule has 1 fully saturated rings. The lowest BCUT2D eigenvalue weighted by atomic mass is 9.86. The third-order valence-corrected chi connectivity index (χ3v) is 4.78. The van der Waals surface area contributed by atoms with Gasteiger partial charge in [0.2, 0.25) is 5.56 Å². The predicted octanol–water partition coefficient (Wildman–Crippen LogP) is 1.75. The van der Waals surface area contributed by atoms with E-state index in [-0.39, 0.29) is 17.4 Å². The summed E-state index contributed by atoms with van der Waals surface area (Å²) in [6.07, 6.45) is 2.49. The van der Waals surface area contributed by atoms with E-state index < -0.39 is 6.10 Å². The molecule has 2 heterocycles. The first kappa shape index (κ1) is 16.5. The molecule has 0 radical (unpaired) electrons. The molecule has 24 heavy (non-hydrogen) atoms. The quantitative estimate of drug-likeness (QED) is 0.902. The van der Waals surface area contributed by atoms with E-state index in [1.54, 1.807) is 4.90 Å². The molecule has 1 aliphatic rings. The summed E-state index contributed by atoms with van der Waals surface area (Å²) >= 11 is 0. The van der Waals surface area contributed by atoms with Gasteiger partial charge >= 0.3 is 0 Å². The Kier molecular flexibility index (Phi) is 4.81. The maximum atomic E-state index is 12.5. The van der Waals surface area contributed by atoms with Gasteiger partial charge in [0.1, 0.15) is 0 Å². The van der Waals surface area contributed by atoms with Crippen LogP contribution in [0.1, 0.15) is 27.9 Å². The lowest BCUT2D eigenvalue weighted by Gasteiger charge is -2.36. The highest BCUT2D eigenvalue weighted by atomic mass is 16.3. The smallest absolute Gasteiger partial charge is 0.255 e. The molecule has 1 aliphatic heterocycles. The van der Waals surface area contributed by atoms with Crippen molar-refractivity contribution in [2.45, 2.75) is 25.9 Å². The molecule has 0 spiro atoms. The normalized spacial score (nSPS) is 20.8. The van der Waals surface area contributed by atoms with Crippen molar-refractivity contribution in [2.75, 3.05) is 13.1 Å². The minimum Gasteiger partial charge on any atom is -0.391 e. The van der Waals surface area contributed by atoms with Crippen molar-refractivity contribution in [1.29, 1.82) is 0 Å². The first-order valence-corrected chi connectivity index (χ1v) is 8.25. The topological polar surface area (TPSA) is 73.4 Å². The summed E-state index contributed by atoms with van der Waals surface area (Å²) in [5, 5.41) is 10.5. The molecule has 2 atom stereocenters. The lowest BCUT2D eigenvalue weighted by Crippen LogP contribution is -2.47. The van der Waals surface area contributed by atoms with Gasteiger partial charge < -0.3 is 15.0 Å². The molecule has 1 amide bonds. The van der Waals surface area contributed by atoms with Gasteiger partial charge in [-0.05, 0) is 42.9 Å². The van der Waals surface area contributed by atoms with E-state index in [1.165, 1.54) is 29.5 Å². The number of likely N-dealkylation sites (tertiary alicyclic amines) is 1. The van der Waals surface area contributed by atoms with Crippen LogP contribution in [0.5, 0.6) is 0 Å². The minimum atomic E-state index is -0.537. The number of nitrogens with one attached hydrogen (secondary N) is 1. The zero-order chi connectivity index (χ0) is 17.1. The maximum Gasteiger partial charge on any atom is 0.255 e. The monoisotopic (exact) mass is 326 g/mol. The van der Waals surface area contributed by atoms with Crippen LogP contribution in [0.15, 0.2) is 47.4 Å². The molecule has 0 saturated carbocycles. The van der Waals surface area contributed by atoms with Crippen molar-refractivity contribution in [1.82, 2.24) is 9.88 Å². The number of hydrogen-bond donors (Lipinski definition) is 2. The summed E-state index contributed by atoms with van der Waals surface area (Å²) in [5.41, 5.74) is 2.70. The van der Waals surface area contributed by atoms with Crippen LogP contribution < -0.4 is 5.56 Å². The molecule has 0 bridgehead atoms. The number of aryl methyl sites for hydroxylation is 1. The second-order valence-corrected chi connectivity index (χ2v) is 6.44. The van der Waals surface area contributed by atoms with Crippen LogP contribution in [-0.2, 0) is 6.42 Å². The summed E-state index contributed by atoms with van der Waals surface area (Å²) in [4.78, 5) is 27.7. The lowest BCUT2D eigenvalue weighted by molar-refractivity contribution is 0.0197. The number of nitrogens with zero attached hydrogens (tertiary/aromatic N) is 1. The molecule has 1 saturated heterocycles. The van der Waals surface area contributed by atoms with E-state index in [2.05, 4.69) is 24.0 Å². The van der Waals surface area contributed by atoms with Gasteiger partial charge in [-0.2, -0.15) is 0 Å². The molecule has 5 nitrogen and oxygen atoms in total. The van der Waals surface area contributed by atoms with Crippen molar-refractivity contribution in [3.63, 3.8) is 0 Å². The number of carbonyl (C=O) groups is 1. The van der Waals surface area contributed by atoms with Crippen LogP contribution in [0, 0.1) is 12.8 Å². The predicted molar refractivity (Wildman–Crippen MR) is 92.0 cm³/mol. The number of H-pyrrole nitrogens is 1. The zero-order valence-corrected chi connectivity index (χ0v) is 13.7. The van der Waals surface area contributed by atoms with Crippen molar-refractivity contribution in [3.05, 3.63) is 69.6 Å². The van der Waals surface area contributed by atoms with Crippen LogP contribution >= 0.6 is 0 Å². The van der Waals surface area contributed by atoms with Crippen LogP contribution in [0.4, 0.5) is 0 Å². The largest absolute Gasteiger partial charge is 0.391 e. The molecule has 0 aliphatic carbocycles. The molecule has 3 rings (SSSR count). The number of aromatic amines is 1. The highest BCUT2D eigenvalue weighted by molar-refractivity contribution is 5.93. The van der Waals surface area contributed by atoms with Crippen molar-refractivity contribution in [2.24, 2.45) is 5.92 Å². The number of piperidine rings is 1. The molecule has 2 aromatic rings. The number of aliphatic hydroxyl groups excluding tert-OH is 1. The zero-order valence-electron chi connectivity index (χ0n) is 13.7. The second-order valence-electron chi connectivity index (χ2n) is 6.44. The van der Waals surface area contributed by atoms with Gasteiger partial charge in [0.05, 0.1) is 11.7 Å². The number of rotatable bonds is 3. The van der Waals surface area contributed by atoms with Gasteiger partial charge in [-0.15, -0.1) is 0 Å². The van der Waals surface area contributed by atoms with Crippen LogP contribution in [0.3, 0.4) is 0 Å². The molecule has 0 unspecified atom stereocenters. The van der Waals surface area contributed by atoms with E-state index in [9.17, 15) is 14.7 Å². The van der Waals surface area contributed by atoms with Crippen molar-refractivity contribution >= 4 is 5.91 Å². The first-order chi connectivity index (χ1) is 11.5. The maximum absolute atomic E-state index is 12.5. The van der Waals surface area contributed by atoms with E-state index in [0.29, 0.717) is 18.7 Å². The van der Waals surface area contributed by atoms with Gasteiger partial charge in [-0.1, -0.05) is 24.3 Å². The van der Waals surface area contributed by atoms with Crippen molar-refractivity contribution in [3.8, 4) is 0 Å².